The highest BCUT2D eigenvalue weighted by molar-refractivity contribution is 9.10. The van der Waals surface area contributed by atoms with Crippen LogP contribution in [0.2, 0.25) is 5.02 Å². The molecule has 4 rings (SSSR count). The smallest absolute Gasteiger partial charge is 0.272 e. The number of carbonyl (C=O) groups is 3. The second-order valence-electron chi connectivity index (χ2n) is 8.53. The van der Waals surface area contributed by atoms with Crippen LogP contribution in [0.5, 0.6) is 0 Å². The van der Waals surface area contributed by atoms with Gasteiger partial charge in [0.15, 0.2) is 0 Å². The number of nitrogens with one attached hydrogen (secondary N) is 3. The highest BCUT2D eigenvalue weighted by Crippen LogP contribution is 2.27. The quantitative estimate of drug-likeness (QED) is 0.136. The Hall–Kier alpha value is -3.92. The Morgan fingerprint density at radius 1 is 0.925 bits per heavy atom. The molecule has 1 aromatic heterocycles. The van der Waals surface area contributed by atoms with Crippen molar-refractivity contribution < 1.29 is 14.4 Å². The van der Waals surface area contributed by atoms with E-state index < -0.39 is 17.1 Å². The number of nitrogens with zero attached hydrogens (tertiary/aromatic N) is 1. The molecule has 40 heavy (non-hydrogen) atoms. The molecule has 0 saturated carbocycles. The molecule has 0 aliphatic carbocycles. The third-order valence-electron chi connectivity index (χ3n) is 5.44. The zero-order chi connectivity index (χ0) is 28.5. The minimum absolute atomic E-state index is 0.0771. The summed E-state index contributed by atoms with van der Waals surface area (Å²) in [5.41, 5.74) is 1.74. The molecule has 0 fully saturated rings. The van der Waals surface area contributed by atoms with Gasteiger partial charge in [0.05, 0.1) is 10.3 Å². The SMILES string of the molecule is CC(Sc1cccc(NC(=O)/C(=C\c2cccc(Br)c2)NC(=O)c2ccccc2)c1)C(=O)Nc1ccc(Cl)cn1. The number of hydrogen-bond acceptors (Lipinski definition) is 5. The highest BCUT2D eigenvalue weighted by atomic mass is 79.9. The van der Waals surface area contributed by atoms with Crippen LogP contribution in [-0.2, 0) is 9.59 Å². The van der Waals surface area contributed by atoms with Gasteiger partial charge in [0.1, 0.15) is 11.5 Å². The number of thioether (sulfide) groups is 1. The summed E-state index contributed by atoms with van der Waals surface area (Å²) in [5, 5.41) is 8.38. The van der Waals surface area contributed by atoms with Crippen molar-refractivity contribution in [3.63, 3.8) is 0 Å². The Kier molecular flexibility index (Phi) is 10.1. The number of benzene rings is 3. The van der Waals surface area contributed by atoms with Crippen molar-refractivity contribution in [2.75, 3.05) is 10.6 Å². The summed E-state index contributed by atoms with van der Waals surface area (Å²) in [5.74, 6) is -0.718. The molecule has 10 heteroatoms. The molecule has 1 atom stereocenters. The van der Waals surface area contributed by atoms with Crippen molar-refractivity contribution in [1.82, 2.24) is 10.3 Å². The topological polar surface area (TPSA) is 100 Å². The molecule has 0 radical (unpaired) electrons. The average molecular weight is 636 g/mol. The van der Waals surface area contributed by atoms with Gasteiger partial charge >= 0.3 is 0 Å². The molecule has 3 N–H and O–H groups in total. The van der Waals surface area contributed by atoms with E-state index >= 15 is 0 Å². The van der Waals surface area contributed by atoms with E-state index in [1.54, 1.807) is 67.6 Å². The fourth-order valence-electron chi connectivity index (χ4n) is 3.49. The molecule has 0 saturated heterocycles. The molecule has 7 nitrogen and oxygen atoms in total. The summed E-state index contributed by atoms with van der Waals surface area (Å²) in [7, 11) is 0. The Labute approximate surface area is 249 Å². The van der Waals surface area contributed by atoms with Gasteiger partial charge in [-0.15, -0.1) is 11.8 Å². The zero-order valence-electron chi connectivity index (χ0n) is 21.2. The first-order valence-electron chi connectivity index (χ1n) is 12.1. The molecule has 0 spiro atoms. The van der Waals surface area contributed by atoms with E-state index in [1.807, 2.05) is 36.4 Å². The van der Waals surface area contributed by atoms with Crippen LogP contribution in [0.1, 0.15) is 22.8 Å². The number of halogens is 2. The predicted molar refractivity (Wildman–Crippen MR) is 164 cm³/mol. The van der Waals surface area contributed by atoms with Gasteiger partial charge in [0.2, 0.25) is 5.91 Å². The number of anilines is 2. The fraction of sp³-hybridized carbons (Fsp3) is 0.0667. The van der Waals surface area contributed by atoms with Gasteiger partial charge in [-0.2, -0.15) is 0 Å². The number of hydrogen-bond donors (Lipinski definition) is 3. The lowest BCUT2D eigenvalue weighted by atomic mass is 10.1. The Balaban J connectivity index is 1.47. The summed E-state index contributed by atoms with van der Waals surface area (Å²) in [4.78, 5) is 43.7. The number of carbonyl (C=O) groups excluding carboxylic acids is 3. The summed E-state index contributed by atoms with van der Waals surface area (Å²) >= 11 is 10.6. The molecular weight excluding hydrogens is 612 g/mol. The lowest BCUT2D eigenvalue weighted by Gasteiger charge is -2.14. The number of aromatic nitrogens is 1. The molecule has 3 aromatic carbocycles. The molecule has 1 unspecified atom stereocenters. The second kappa shape index (κ2) is 13.9. The minimum atomic E-state index is -0.494. The van der Waals surface area contributed by atoms with Gasteiger partial charge in [-0.25, -0.2) is 4.98 Å². The fourth-order valence-corrected chi connectivity index (χ4v) is 4.94. The summed E-state index contributed by atoms with van der Waals surface area (Å²) in [6.45, 7) is 1.78. The monoisotopic (exact) mass is 634 g/mol. The first-order chi connectivity index (χ1) is 19.3. The van der Waals surface area contributed by atoms with Gasteiger partial charge in [0, 0.05) is 26.8 Å². The standard InChI is InChI=1S/C30H24BrClN4O3S/c1-19(28(37)36-27-14-13-23(32)18-33-27)40-25-12-6-11-24(17-25)34-30(39)26(16-20-7-5-10-22(31)15-20)35-29(38)21-8-3-2-4-9-21/h2-19H,1H3,(H,34,39)(H,35,38)(H,33,36,37)/b26-16+. The van der Waals surface area contributed by atoms with Gasteiger partial charge in [-0.1, -0.05) is 63.9 Å². The number of pyridine rings is 1. The van der Waals surface area contributed by atoms with Gasteiger partial charge in [-0.3, -0.25) is 14.4 Å². The number of rotatable bonds is 9. The van der Waals surface area contributed by atoms with Crippen LogP contribution in [0, 0.1) is 0 Å². The van der Waals surface area contributed by atoms with E-state index in [-0.39, 0.29) is 11.6 Å². The second-order valence-corrected chi connectivity index (χ2v) is 11.3. The summed E-state index contributed by atoms with van der Waals surface area (Å²) < 4.78 is 0.838. The summed E-state index contributed by atoms with van der Waals surface area (Å²) in [6.07, 6.45) is 3.07. The van der Waals surface area contributed by atoms with Crippen LogP contribution in [-0.4, -0.2) is 28.0 Å². The normalized spacial score (nSPS) is 11.8. The van der Waals surface area contributed by atoms with Crippen molar-refractivity contribution in [2.45, 2.75) is 17.1 Å². The molecule has 0 aliphatic heterocycles. The van der Waals surface area contributed by atoms with Crippen LogP contribution in [0.15, 0.2) is 112 Å². The third kappa shape index (κ3) is 8.54. The van der Waals surface area contributed by atoms with Gasteiger partial charge in [0.25, 0.3) is 11.8 Å². The molecular formula is C30H24BrClN4O3S. The lowest BCUT2D eigenvalue weighted by molar-refractivity contribution is -0.115. The largest absolute Gasteiger partial charge is 0.321 e. The van der Waals surface area contributed by atoms with Crippen molar-refractivity contribution in [3.05, 3.63) is 124 Å². The maximum absolute atomic E-state index is 13.3. The Morgan fingerprint density at radius 3 is 2.42 bits per heavy atom. The number of amides is 3. The lowest BCUT2D eigenvalue weighted by Crippen LogP contribution is -2.30. The predicted octanol–water partition coefficient (Wildman–Crippen LogP) is 7.03. The van der Waals surface area contributed by atoms with Gasteiger partial charge in [-0.05, 0) is 73.2 Å². The van der Waals surface area contributed by atoms with Crippen LogP contribution in [0.4, 0.5) is 11.5 Å². The van der Waals surface area contributed by atoms with Crippen LogP contribution < -0.4 is 16.0 Å². The maximum atomic E-state index is 13.3. The van der Waals surface area contributed by atoms with Crippen molar-refractivity contribution in [1.29, 1.82) is 0 Å². The molecule has 202 valence electrons. The average Bonchev–Trinajstić information content (AvgIpc) is 2.94. The van der Waals surface area contributed by atoms with E-state index in [0.29, 0.717) is 22.1 Å². The first-order valence-corrected chi connectivity index (χ1v) is 14.2. The van der Waals surface area contributed by atoms with E-state index in [9.17, 15) is 14.4 Å². The van der Waals surface area contributed by atoms with E-state index in [2.05, 4.69) is 36.9 Å². The highest BCUT2D eigenvalue weighted by Gasteiger charge is 2.18. The minimum Gasteiger partial charge on any atom is -0.321 e. The van der Waals surface area contributed by atoms with Crippen LogP contribution in [0.25, 0.3) is 6.08 Å². The maximum Gasteiger partial charge on any atom is 0.272 e. The Morgan fingerprint density at radius 2 is 1.70 bits per heavy atom. The molecule has 3 amide bonds. The first kappa shape index (κ1) is 29.1. The van der Waals surface area contributed by atoms with Crippen molar-refractivity contribution >= 4 is 74.6 Å². The van der Waals surface area contributed by atoms with Crippen LogP contribution in [0.3, 0.4) is 0 Å². The zero-order valence-corrected chi connectivity index (χ0v) is 24.4. The van der Waals surface area contributed by atoms with E-state index in [1.165, 1.54) is 18.0 Å². The van der Waals surface area contributed by atoms with Crippen molar-refractivity contribution in [3.8, 4) is 0 Å². The van der Waals surface area contributed by atoms with Crippen molar-refractivity contribution in [2.24, 2.45) is 0 Å². The van der Waals surface area contributed by atoms with Gasteiger partial charge < -0.3 is 16.0 Å². The van der Waals surface area contributed by atoms with E-state index in [0.717, 1.165) is 14.9 Å². The van der Waals surface area contributed by atoms with E-state index in [4.69, 9.17) is 11.6 Å². The van der Waals surface area contributed by atoms with Crippen LogP contribution >= 0.6 is 39.3 Å². The molecule has 1 heterocycles. The Bertz CT molecular complexity index is 1550. The molecule has 0 bridgehead atoms. The molecule has 4 aromatic rings. The molecule has 0 aliphatic rings. The summed E-state index contributed by atoms with van der Waals surface area (Å²) in [6, 6.07) is 26.4. The third-order valence-corrected chi connectivity index (χ3v) is 7.25.